The van der Waals surface area contributed by atoms with Crippen LogP contribution in [0.3, 0.4) is 0 Å². The van der Waals surface area contributed by atoms with Crippen LogP contribution in [0, 0.1) is 6.92 Å². The zero-order chi connectivity index (χ0) is 19.4. The molecule has 2 N–H and O–H groups in total. The van der Waals surface area contributed by atoms with Crippen molar-refractivity contribution in [1.82, 2.24) is 19.9 Å². The summed E-state index contributed by atoms with van der Waals surface area (Å²) >= 11 is 1.59. The van der Waals surface area contributed by atoms with E-state index in [0.29, 0.717) is 18.9 Å². The summed E-state index contributed by atoms with van der Waals surface area (Å²) in [5.41, 5.74) is 3.32. The van der Waals surface area contributed by atoms with E-state index in [9.17, 15) is 4.79 Å². The topological polar surface area (TPSA) is 79.5 Å². The second-order valence-corrected chi connectivity index (χ2v) is 8.27. The van der Waals surface area contributed by atoms with Gasteiger partial charge >= 0.3 is 5.97 Å². The summed E-state index contributed by atoms with van der Waals surface area (Å²) in [4.78, 5) is 16.7. The van der Waals surface area contributed by atoms with Crippen LogP contribution in [0.1, 0.15) is 54.6 Å². The summed E-state index contributed by atoms with van der Waals surface area (Å²) < 4.78 is 1.93. The first-order chi connectivity index (χ1) is 12.9. The average molecular weight is 387 g/mol. The number of benzene rings is 1. The molecule has 1 unspecified atom stereocenters. The first-order valence-corrected chi connectivity index (χ1v) is 10.1. The quantitative estimate of drug-likeness (QED) is 0.585. The van der Waals surface area contributed by atoms with Crippen molar-refractivity contribution in [3.8, 4) is 0 Å². The molecule has 1 atom stereocenters. The number of carboxylic acids is 1. The van der Waals surface area contributed by atoms with E-state index in [4.69, 9.17) is 10.1 Å². The van der Waals surface area contributed by atoms with Crippen molar-refractivity contribution in [2.45, 2.75) is 58.5 Å². The van der Waals surface area contributed by atoms with E-state index >= 15 is 0 Å². The zero-order valence-electron chi connectivity index (χ0n) is 16.0. The predicted molar refractivity (Wildman–Crippen MR) is 107 cm³/mol. The van der Waals surface area contributed by atoms with Crippen LogP contribution in [-0.4, -0.2) is 31.7 Å². The molecular formula is C20H26N4O2S. The van der Waals surface area contributed by atoms with E-state index in [-0.39, 0.29) is 12.5 Å². The molecule has 3 aromatic rings. The fourth-order valence-electron chi connectivity index (χ4n) is 3.24. The number of carbonyl (C=O) groups is 1. The number of imidazole rings is 1. The number of fused-ring (bicyclic) bond motifs is 1. The highest BCUT2D eigenvalue weighted by Gasteiger charge is 2.19. The number of aromatic nitrogens is 3. The Bertz CT molecular complexity index is 901. The molecule has 1 aromatic carbocycles. The molecule has 0 saturated heterocycles. The number of aryl methyl sites for hydroxylation is 1. The van der Waals surface area contributed by atoms with Crippen molar-refractivity contribution in [3.05, 3.63) is 52.3 Å². The fraction of sp³-hybridized carbons (Fsp3) is 0.450. The first-order valence-electron chi connectivity index (χ1n) is 9.28. The summed E-state index contributed by atoms with van der Waals surface area (Å²) in [5.74, 6) is -0.456. The molecule has 2 heterocycles. The summed E-state index contributed by atoms with van der Waals surface area (Å²) in [7, 11) is 0. The molecule has 0 amide bonds. The van der Waals surface area contributed by atoms with Gasteiger partial charge in [-0.3, -0.25) is 4.79 Å². The van der Waals surface area contributed by atoms with Crippen LogP contribution >= 0.6 is 11.3 Å². The third-order valence-corrected chi connectivity index (χ3v) is 5.39. The van der Waals surface area contributed by atoms with Gasteiger partial charge in [0, 0.05) is 19.0 Å². The van der Waals surface area contributed by atoms with E-state index < -0.39 is 5.97 Å². The lowest BCUT2D eigenvalue weighted by atomic mass is 10.0. The van der Waals surface area contributed by atoms with Crippen LogP contribution in [0.25, 0.3) is 4.96 Å². The van der Waals surface area contributed by atoms with Gasteiger partial charge < -0.3 is 10.4 Å². The predicted octanol–water partition coefficient (Wildman–Crippen LogP) is 3.79. The Labute approximate surface area is 163 Å². The maximum atomic E-state index is 11.1. The van der Waals surface area contributed by atoms with Crippen LogP contribution in [0.2, 0.25) is 0 Å². The van der Waals surface area contributed by atoms with Gasteiger partial charge in [0.2, 0.25) is 4.96 Å². The van der Waals surface area contributed by atoms with E-state index in [1.54, 1.807) is 11.3 Å². The summed E-state index contributed by atoms with van der Waals surface area (Å²) in [6, 6.07) is 10.3. The minimum Gasteiger partial charge on any atom is -0.481 e. The van der Waals surface area contributed by atoms with E-state index in [0.717, 1.165) is 27.8 Å². The molecule has 3 rings (SSSR count). The number of nitrogens with one attached hydrogen (secondary N) is 1. The molecule has 2 aromatic heterocycles. The Morgan fingerprint density at radius 3 is 2.70 bits per heavy atom. The Morgan fingerprint density at radius 1 is 1.30 bits per heavy atom. The molecule has 0 spiro atoms. The fourth-order valence-corrected chi connectivity index (χ4v) is 4.01. The summed E-state index contributed by atoms with van der Waals surface area (Å²) in [6.07, 6.45) is 1.53. The van der Waals surface area contributed by atoms with Crippen LogP contribution < -0.4 is 5.32 Å². The molecule has 0 aliphatic rings. The maximum absolute atomic E-state index is 11.1. The lowest BCUT2D eigenvalue weighted by Crippen LogP contribution is -2.32. The lowest BCUT2D eigenvalue weighted by Gasteiger charge is -2.19. The standard InChI is InChI=1S/C20H26N4O2S/c1-13(2)19-17(24-20(22-19)27-14(3)23-24)12-21-16(9-10-18(25)26)11-15-7-5-4-6-8-15/h4-8,13,16,21H,9-12H2,1-3H3,(H,25,26). The van der Waals surface area contributed by atoms with Crippen molar-refractivity contribution < 1.29 is 9.90 Å². The van der Waals surface area contributed by atoms with Gasteiger partial charge in [0.1, 0.15) is 5.01 Å². The maximum Gasteiger partial charge on any atom is 0.303 e. The first kappa shape index (κ1) is 19.5. The Balaban J connectivity index is 1.78. The Kier molecular flexibility index (Phi) is 6.23. The average Bonchev–Trinajstić information content (AvgIpc) is 3.14. The largest absolute Gasteiger partial charge is 0.481 e. The van der Waals surface area contributed by atoms with Crippen molar-refractivity contribution >= 4 is 22.3 Å². The third-order valence-electron chi connectivity index (χ3n) is 4.57. The van der Waals surface area contributed by atoms with Crippen molar-refractivity contribution in [1.29, 1.82) is 0 Å². The molecule has 0 radical (unpaired) electrons. The number of hydrogen-bond acceptors (Lipinski definition) is 5. The summed E-state index contributed by atoms with van der Waals surface area (Å²) in [5, 5.41) is 18.2. The highest BCUT2D eigenvalue weighted by atomic mass is 32.1. The van der Waals surface area contributed by atoms with Crippen molar-refractivity contribution in [3.63, 3.8) is 0 Å². The van der Waals surface area contributed by atoms with Crippen LogP contribution in [0.5, 0.6) is 0 Å². The third kappa shape index (κ3) is 4.93. The minimum atomic E-state index is -0.764. The van der Waals surface area contributed by atoms with Gasteiger partial charge in [-0.05, 0) is 31.2 Å². The van der Waals surface area contributed by atoms with Gasteiger partial charge in [-0.2, -0.15) is 5.10 Å². The molecule has 0 aliphatic heterocycles. The normalized spacial score (nSPS) is 12.7. The number of carboxylic acid groups (broad SMARTS) is 1. The second kappa shape index (κ2) is 8.63. The number of aliphatic carboxylic acids is 1. The van der Waals surface area contributed by atoms with Gasteiger partial charge in [-0.15, -0.1) is 0 Å². The molecule has 0 saturated carbocycles. The van der Waals surface area contributed by atoms with E-state index in [2.05, 4.69) is 36.4 Å². The molecule has 7 heteroatoms. The van der Waals surface area contributed by atoms with Crippen LogP contribution in [0.4, 0.5) is 0 Å². The summed E-state index contributed by atoms with van der Waals surface area (Å²) in [6.45, 7) is 6.87. The van der Waals surface area contributed by atoms with Crippen LogP contribution in [0.15, 0.2) is 30.3 Å². The SMILES string of the molecule is Cc1nn2c(CNC(CCC(=O)O)Cc3ccccc3)c(C(C)C)nc2s1. The zero-order valence-corrected chi connectivity index (χ0v) is 16.8. The molecular weight excluding hydrogens is 360 g/mol. The molecule has 27 heavy (non-hydrogen) atoms. The number of rotatable bonds is 9. The smallest absolute Gasteiger partial charge is 0.303 e. The van der Waals surface area contributed by atoms with Gasteiger partial charge in [0.05, 0.1) is 11.4 Å². The van der Waals surface area contributed by atoms with Gasteiger partial charge in [0.25, 0.3) is 0 Å². The number of hydrogen-bond donors (Lipinski definition) is 2. The van der Waals surface area contributed by atoms with E-state index in [1.807, 2.05) is 29.6 Å². The van der Waals surface area contributed by atoms with Crippen LogP contribution in [-0.2, 0) is 17.8 Å². The van der Waals surface area contributed by atoms with Gasteiger partial charge in [0.15, 0.2) is 0 Å². The van der Waals surface area contributed by atoms with Crippen molar-refractivity contribution in [2.75, 3.05) is 0 Å². The second-order valence-electron chi connectivity index (χ2n) is 7.11. The monoisotopic (exact) mass is 386 g/mol. The van der Waals surface area contributed by atoms with Crippen molar-refractivity contribution in [2.24, 2.45) is 0 Å². The Morgan fingerprint density at radius 2 is 2.04 bits per heavy atom. The molecule has 0 fully saturated rings. The molecule has 0 aliphatic carbocycles. The highest BCUT2D eigenvalue weighted by Crippen LogP contribution is 2.24. The minimum absolute atomic E-state index is 0.0776. The Hall–Kier alpha value is -2.25. The van der Waals surface area contributed by atoms with E-state index in [1.165, 1.54) is 5.56 Å². The molecule has 0 bridgehead atoms. The van der Waals surface area contributed by atoms with Gasteiger partial charge in [-0.1, -0.05) is 55.5 Å². The lowest BCUT2D eigenvalue weighted by molar-refractivity contribution is -0.137. The molecule has 144 valence electrons. The number of nitrogens with zero attached hydrogens (tertiary/aromatic N) is 3. The molecule has 6 nitrogen and oxygen atoms in total. The van der Waals surface area contributed by atoms with Gasteiger partial charge in [-0.25, -0.2) is 9.50 Å². The highest BCUT2D eigenvalue weighted by molar-refractivity contribution is 7.16.